The van der Waals surface area contributed by atoms with E-state index in [0.717, 1.165) is 6.54 Å². The lowest BCUT2D eigenvalue weighted by atomic mass is 9.82. The van der Waals surface area contributed by atoms with Gasteiger partial charge in [-0.1, -0.05) is 27.7 Å². The highest BCUT2D eigenvalue weighted by Crippen LogP contribution is 2.25. The predicted molar refractivity (Wildman–Crippen MR) is 62.0 cm³/mol. The number of aromatic amines is 1. The molecule has 84 valence electrons. The third-order valence-electron chi connectivity index (χ3n) is 2.75. The zero-order chi connectivity index (χ0) is 11.5. The lowest BCUT2D eigenvalue weighted by Gasteiger charge is -2.27. The lowest BCUT2D eigenvalue weighted by Crippen LogP contribution is -2.25. The van der Waals surface area contributed by atoms with E-state index in [0.29, 0.717) is 11.7 Å². The molecule has 0 aliphatic heterocycles. The summed E-state index contributed by atoms with van der Waals surface area (Å²) in [5.41, 5.74) is 0.129. The molecule has 2 N–H and O–H groups in total. The molecule has 1 atom stereocenters. The number of aromatic nitrogens is 2. The molecule has 1 aromatic heterocycles. The summed E-state index contributed by atoms with van der Waals surface area (Å²) in [5, 5.41) is 3.16. The van der Waals surface area contributed by atoms with Crippen LogP contribution in [-0.2, 0) is 0 Å². The van der Waals surface area contributed by atoms with Gasteiger partial charge in [0.15, 0.2) is 0 Å². The number of anilines is 1. The van der Waals surface area contributed by atoms with E-state index in [4.69, 9.17) is 0 Å². The Morgan fingerprint density at radius 1 is 1.53 bits per heavy atom. The summed E-state index contributed by atoms with van der Waals surface area (Å²) < 4.78 is 0. The Balaban J connectivity index is 2.54. The lowest BCUT2D eigenvalue weighted by molar-refractivity contribution is 0.274. The molecule has 1 heterocycles. The fourth-order valence-corrected chi connectivity index (χ4v) is 1.03. The van der Waals surface area contributed by atoms with Crippen molar-refractivity contribution in [1.29, 1.82) is 0 Å². The Kier molecular flexibility index (Phi) is 3.50. The van der Waals surface area contributed by atoms with Crippen LogP contribution in [0, 0.1) is 11.3 Å². The summed E-state index contributed by atoms with van der Waals surface area (Å²) in [6, 6.07) is 1.47. The predicted octanol–water partition coefficient (Wildman–Crippen LogP) is 1.86. The van der Waals surface area contributed by atoms with E-state index in [1.807, 2.05) is 0 Å². The Labute approximate surface area is 90.1 Å². The zero-order valence-corrected chi connectivity index (χ0v) is 9.79. The molecular formula is C11H19N3O. The van der Waals surface area contributed by atoms with Gasteiger partial charge in [-0.3, -0.25) is 4.79 Å². The van der Waals surface area contributed by atoms with Gasteiger partial charge in [-0.2, -0.15) is 0 Å². The van der Waals surface area contributed by atoms with Gasteiger partial charge in [0.05, 0.1) is 6.33 Å². The van der Waals surface area contributed by atoms with Crippen LogP contribution in [0.3, 0.4) is 0 Å². The standard InChI is InChI=1S/C11H19N3O/c1-8(11(2,3)4)6-12-9-5-10(15)14-7-13-9/h5,7-8H,6H2,1-4H3,(H2,12,13,14,15). The van der Waals surface area contributed by atoms with E-state index in [9.17, 15) is 4.79 Å². The minimum absolute atomic E-state index is 0.129. The number of hydrogen-bond acceptors (Lipinski definition) is 3. The third kappa shape index (κ3) is 3.73. The Morgan fingerprint density at radius 3 is 2.73 bits per heavy atom. The molecule has 0 amide bonds. The SMILES string of the molecule is CC(CNc1cc(=O)[nH]cn1)C(C)(C)C. The summed E-state index contributed by atoms with van der Waals surface area (Å²) in [6.07, 6.45) is 1.41. The second-order valence-electron chi connectivity index (χ2n) is 4.94. The minimum atomic E-state index is -0.129. The topological polar surface area (TPSA) is 57.8 Å². The highest BCUT2D eigenvalue weighted by molar-refractivity contribution is 5.31. The molecular weight excluding hydrogens is 190 g/mol. The molecule has 0 saturated carbocycles. The number of nitrogens with zero attached hydrogens (tertiary/aromatic N) is 1. The van der Waals surface area contributed by atoms with Gasteiger partial charge < -0.3 is 10.3 Å². The van der Waals surface area contributed by atoms with Crippen LogP contribution in [0.5, 0.6) is 0 Å². The van der Waals surface area contributed by atoms with Crippen molar-refractivity contribution in [3.05, 3.63) is 22.7 Å². The molecule has 0 aliphatic carbocycles. The first-order valence-electron chi connectivity index (χ1n) is 5.18. The molecule has 0 fully saturated rings. The van der Waals surface area contributed by atoms with Gasteiger partial charge in [0.2, 0.25) is 0 Å². The first-order chi connectivity index (χ1) is 6.89. The first kappa shape index (κ1) is 11.8. The fourth-order valence-electron chi connectivity index (χ4n) is 1.03. The maximum Gasteiger partial charge on any atom is 0.252 e. The Bertz CT molecular complexity index is 365. The largest absolute Gasteiger partial charge is 0.370 e. The van der Waals surface area contributed by atoms with Crippen molar-refractivity contribution in [3.8, 4) is 0 Å². The van der Waals surface area contributed by atoms with Gasteiger partial charge in [0.1, 0.15) is 5.82 Å². The molecule has 0 saturated heterocycles. The van der Waals surface area contributed by atoms with E-state index in [1.165, 1.54) is 12.4 Å². The molecule has 1 rings (SSSR count). The van der Waals surface area contributed by atoms with E-state index >= 15 is 0 Å². The van der Waals surface area contributed by atoms with Gasteiger partial charge in [0.25, 0.3) is 5.56 Å². The van der Waals surface area contributed by atoms with Crippen molar-refractivity contribution >= 4 is 5.82 Å². The van der Waals surface area contributed by atoms with Gasteiger partial charge in [-0.05, 0) is 11.3 Å². The van der Waals surface area contributed by atoms with Gasteiger partial charge in [-0.15, -0.1) is 0 Å². The number of nitrogens with one attached hydrogen (secondary N) is 2. The maximum absolute atomic E-state index is 11.0. The van der Waals surface area contributed by atoms with Crippen molar-refractivity contribution in [2.75, 3.05) is 11.9 Å². The normalized spacial score (nSPS) is 13.6. The molecule has 15 heavy (non-hydrogen) atoms. The van der Waals surface area contributed by atoms with E-state index in [1.54, 1.807) is 0 Å². The molecule has 0 spiro atoms. The molecule has 1 unspecified atom stereocenters. The smallest absolute Gasteiger partial charge is 0.252 e. The quantitative estimate of drug-likeness (QED) is 0.799. The average molecular weight is 209 g/mol. The monoisotopic (exact) mass is 209 g/mol. The first-order valence-corrected chi connectivity index (χ1v) is 5.18. The highest BCUT2D eigenvalue weighted by atomic mass is 16.1. The third-order valence-corrected chi connectivity index (χ3v) is 2.75. The Morgan fingerprint density at radius 2 is 2.20 bits per heavy atom. The number of H-pyrrole nitrogens is 1. The van der Waals surface area contributed by atoms with Crippen LogP contribution in [-0.4, -0.2) is 16.5 Å². The summed E-state index contributed by atoms with van der Waals surface area (Å²) in [7, 11) is 0. The van der Waals surface area contributed by atoms with E-state index < -0.39 is 0 Å². The number of hydrogen-bond donors (Lipinski definition) is 2. The zero-order valence-electron chi connectivity index (χ0n) is 9.79. The summed E-state index contributed by atoms with van der Waals surface area (Å²) in [6.45, 7) is 9.60. The van der Waals surface area contributed by atoms with Gasteiger partial charge in [-0.25, -0.2) is 4.98 Å². The second-order valence-corrected chi connectivity index (χ2v) is 4.94. The average Bonchev–Trinajstić information content (AvgIpc) is 2.12. The van der Waals surface area contributed by atoms with Crippen LogP contribution in [0.2, 0.25) is 0 Å². The fraction of sp³-hybridized carbons (Fsp3) is 0.636. The van der Waals surface area contributed by atoms with Crippen molar-refractivity contribution < 1.29 is 0 Å². The van der Waals surface area contributed by atoms with Crippen LogP contribution >= 0.6 is 0 Å². The minimum Gasteiger partial charge on any atom is -0.370 e. The van der Waals surface area contributed by atoms with Crippen molar-refractivity contribution in [1.82, 2.24) is 9.97 Å². The van der Waals surface area contributed by atoms with Crippen LogP contribution in [0.4, 0.5) is 5.82 Å². The highest BCUT2D eigenvalue weighted by Gasteiger charge is 2.19. The number of rotatable bonds is 3. The van der Waals surface area contributed by atoms with Crippen LogP contribution in [0.25, 0.3) is 0 Å². The van der Waals surface area contributed by atoms with Gasteiger partial charge >= 0.3 is 0 Å². The van der Waals surface area contributed by atoms with Gasteiger partial charge in [0, 0.05) is 12.6 Å². The molecule has 0 radical (unpaired) electrons. The van der Waals surface area contributed by atoms with E-state index in [2.05, 4.69) is 43.0 Å². The molecule has 4 heteroatoms. The maximum atomic E-state index is 11.0. The second kappa shape index (κ2) is 4.47. The van der Waals surface area contributed by atoms with Crippen LogP contribution in [0.15, 0.2) is 17.2 Å². The molecule has 0 bridgehead atoms. The van der Waals surface area contributed by atoms with E-state index in [-0.39, 0.29) is 11.0 Å². The molecule has 0 aromatic carbocycles. The van der Waals surface area contributed by atoms with Crippen molar-refractivity contribution in [3.63, 3.8) is 0 Å². The van der Waals surface area contributed by atoms with Crippen LogP contribution in [0.1, 0.15) is 27.7 Å². The summed E-state index contributed by atoms with van der Waals surface area (Å²) >= 11 is 0. The van der Waals surface area contributed by atoms with Crippen molar-refractivity contribution in [2.24, 2.45) is 11.3 Å². The summed E-state index contributed by atoms with van der Waals surface area (Å²) in [4.78, 5) is 17.5. The molecule has 4 nitrogen and oxygen atoms in total. The summed E-state index contributed by atoms with van der Waals surface area (Å²) in [5.74, 6) is 1.15. The molecule has 0 aliphatic rings. The van der Waals surface area contributed by atoms with Crippen LogP contribution < -0.4 is 10.9 Å². The Hall–Kier alpha value is -1.32. The van der Waals surface area contributed by atoms with Crippen molar-refractivity contribution in [2.45, 2.75) is 27.7 Å². The molecule has 1 aromatic rings.